The summed E-state index contributed by atoms with van der Waals surface area (Å²) in [6.45, 7) is 6.16. The van der Waals surface area contributed by atoms with Gasteiger partial charge in [-0.05, 0) is 102 Å². The van der Waals surface area contributed by atoms with E-state index < -0.39 is 11.6 Å². The van der Waals surface area contributed by atoms with Gasteiger partial charge in [0.15, 0.2) is 34.8 Å². The topological polar surface area (TPSA) is 250 Å². The number of hydrazone groups is 2. The van der Waals surface area contributed by atoms with Crippen molar-refractivity contribution in [1.29, 1.82) is 0 Å². The summed E-state index contributed by atoms with van der Waals surface area (Å²) < 4.78 is 39.0. The molecule has 2 saturated heterocycles. The molecular weight excluding hydrogens is 1090 g/mol. The van der Waals surface area contributed by atoms with Gasteiger partial charge in [0.25, 0.3) is 0 Å². The molecular formula is C57H52Cl2F2N14O6. The van der Waals surface area contributed by atoms with Crippen molar-refractivity contribution in [3.63, 3.8) is 0 Å². The lowest BCUT2D eigenvalue weighted by atomic mass is 10.0. The van der Waals surface area contributed by atoms with Crippen molar-refractivity contribution in [2.75, 3.05) is 83.9 Å². The Morgan fingerprint density at radius 1 is 0.605 bits per heavy atom. The van der Waals surface area contributed by atoms with Crippen molar-refractivity contribution >= 4 is 93.5 Å². The average molecular weight is 1140 g/mol. The standard InChI is InChI=1S/C29H27ClFN7O3.C28H25ClFN7O3/c1-18-10-19(12-20(30)11-18)13-26(39)24-5-4-21(14-27(24)40)35-23-3-2-22(32-15-23)16-34-37-29-33-17-25(31)28(36-29)38-6-8-41-9-7-38;29-24-14-19(6-7-23(24)26(39)13-18-2-1-3-22(38)12-18)34-21-5-4-20(31-15-21)16-33-36-28-32-17-25(30)27(35-28)37-8-10-40-11-9-37/h2-5,10-12,14-17,35,40H,6-9,13H2,1H3,(H,33,36,37);1-7,12,14-17,34,38H,8-11,13H2,(H,32,35,36)/b34-16+;33-16+. The van der Waals surface area contributed by atoms with Gasteiger partial charge in [-0.25, -0.2) is 29.6 Å². The van der Waals surface area contributed by atoms with Crippen LogP contribution in [0.25, 0.3) is 0 Å². The number of anilines is 8. The summed E-state index contributed by atoms with van der Waals surface area (Å²) in [4.78, 5) is 54.1. The van der Waals surface area contributed by atoms with E-state index in [0.717, 1.165) is 23.5 Å². The van der Waals surface area contributed by atoms with Gasteiger partial charge in [-0.3, -0.25) is 19.6 Å². The van der Waals surface area contributed by atoms with Crippen molar-refractivity contribution < 1.29 is 38.1 Å². The number of morpholine rings is 2. The summed E-state index contributed by atoms with van der Waals surface area (Å²) in [5.74, 6) is -0.648. The predicted octanol–water partition coefficient (Wildman–Crippen LogP) is 9.95. The van der Waals surface area contributed by atoms with Crippen LogP contribution in [0.1, 0.15) is 48.8 Å². The number of Topliss-reactive ketones (excluding diaryl/α,β-unsaturated/α-hetero) is 2. The number of ketones is 2. The van der Waals surface area contributed by atoms with Gasteiger partial charge in [-0.1, -0.05) is 41.4 Å². The van der Waals surface area contributed by atoms with Gasteiger partial charge in [0, 0.05) is 67.0 Å². The third kappa shape index (κ3) is 16.0. The Balaban J connectivity index is 0.000000196. The number of nitrogens with one attached hydrogen (secondary N) is 4. The third-order valence-corrected chi connectivity index (χ3v) is 12.8. The first kappa shape index (κ1) is 56.5. The Morgan fingerprint density at radius 2 is 1.12 bits per heavy atom. The number of carbonyl (C=O) groups excluding carboxylic acids is 2. The normalized spacial score (nSPS) is 13.4. The van der Waals surface area contributed by atoms with E-state index in [9.17, 15) is 28.6 Å². The summed E-state index contributed by atoms with van der Waals surface area (Å²) in [6, 6.07) is 29.0. The summed E-state index contributed by atoms with van der Waals surface area (Å²) >= 11 is 12.5. The van der Waals surface area contributed by atoms with Gasteiger partial charge in [-0.2, -0.15) is 20.2 Å². The van der Waals surface area contributed by atoms with Crippen molar-refractivity contribution in [3.05, 3.63) is 189 Å². The number of hydrogen-bond acceptors (Lipinski definition) is 20. The molecule has 24 heteroatoms. The molecule has 0 saturated carbocycles. The number of phenols is 2. The Hall–Kier alpha value is -9.22. The fourth-order valence-corrected chi connectivity index (χ4v) is 8.98. The Morgan fingerprint density at radius 3 is 1.63 bits per heavy atom. The molecule has 81 heavy (non-hydrogen) atoms. The number of pyridine rings is 2. The van der Waals surface area contributed by atoms with Crippen LogP contribution >= 0.6 is 23.2 Å². The van der Waals surface area contributed by atoms with Crippen molar-refractivity contribution in [1.82, 2.24) is 29.9 Å². The molecule has 2 aliphatic rings. The number of rotatable bonds is 18. The minimum Gasteiger partial charge on any atom is -0.508 e. The molecule has 0 radical (unpaired) electrons. The van der Waals surface area contributed by atoms with Crippen molar-refractivity contribution in [2.45, 2.75) is 19.8 Å². The zero-order valence-electron chi connectivity index (χ0n) is 43.4. The predicted molar refractivity (Wildman–Crippen MR) is 307 cm³/mol. The molecule has 20 nitrogen and oxygen atoms in total. The molecule has 4 aromatic carbocycles. The molecule has 6 N–H and O–H groups in total. The fraction of sp³-hybridized carbons (Fsp3) is 0.193. The maximum absolute atomic E-state index is 14.2. The van der Waals surface area contributed by atoms with E-state index in [-0.39, 0.29) is 65.0 Å². The van der Waals surface area contributed by atoms with Crippen LogP contribution < -0.4 is 31.3 Å². The van der Waals surface area contributed by atoms with Crippen LogP contribution in [0, 0.1) is 18.6 Å². The summed E-state index contributed by atoms with van der Waals surface area (Å²) in [5, 5.41) is 35.5. The van der Waals surface area contributed by atoms with Gasteiger partial charge in [0.1, 0.15) is 11.5 Å². The second kappa shape index (κ2) is 27.1. The number of aromatic hydroxyl groups is 2. The second-order valence-corrected chi connectivity index (χ2v) is 19.1. The number of aryl methyl sites for hydroxylation is 1. The van der Waals surface area contributed by atoms with Gasteiger partial charge in [0.2, 0.25) is 11.9 Å². The number of benzene rings is 4. The lowest BCUT2D eigenvalue weighted by molar-refractivity contribution is 0.0983. The molecule has 0 atom stereocenters. The Bertz CT molecular complexity index is 3550. The summed E-state index contributed by atoms with van der Waals surface area (Å²) in [5.41, 5.74) is 12.3. The van der Waals surface area contributed by atoms with Crippen LogP contribution in [0.2, 0.25) is 10.0 Å². The van der Waals surface area contributed by atoms with Crippen LogP contribution in [-0.4, -0.2) is 117 Å². The van der Waals surface area contributed by atoms with Crippen LogP contribution in [0.4, 0.5) is 55.1 Å². The first-order valence-corrected chi connectivity index (χ1v) is 26.0. The smallest absolute Gasteiger partial charge is 0.245 e. The van der Waals surface area contributed by atoms with Gasteiger partial charge >= 0.3 is 0 Å². The second-order valence-electron chi connectivity index (χ2n) is 18.3. The molecule has 0 aliphatic carbocycles. The van der Waals surface area contributed by atoms with E-state index in [1.54, 1.807) is 101 Å². The van der Waals surface area contributed by atoms with E-state index >= 15 is 0 Å². The van der Waals surface area contributed by atoms with E-state index in [0.29, 0.717) is 108 Å². The number of hydrogen-bond donors (Lipinski definition) is 6. The molecule has 414 valence electrons. The van der Waals surface area contributed by atoms with Crippen LogP contribution in [0.15, 0.2) is 138 Å². The van der Waals surface area contributed by atoms with Crippen molar-refractivity contribution in [3.8, 4) is 11.5 Å². The zero-order valence-corrected chi connectivity index (χ0v) is 44.9. The molecule has 10 rings (SSSR count). The number of carbonyl (C=O) groups is 2. The molecule has 4 aromatic heterocycles. The van der Waals surface area contributed by atoms with Crippen LogP contribution in [0.5, 0.6) is 11.5 Å². The quantitative estimate of drug-likeness (QED) is 0.0266. The first-order valence-electron chi connectivity index (χ1n) is 25.3. The van der Waals surface area contributed by atoms with E-state index in [1.807, 2.05) is 25.1 Å². The summed E-state index contributed by atoms with van der Waals surface area (Å²) in [6.07, 6.45) is 8.68. The molecule has 0 bridgehead atoms. The first-order chi connectivity index (χ1) is 39.3. The highest BCUT2D eigenvalue weighted by atomic mass is 35.5. The monoisotopic (exact) mass is 1140 g/mol. The molecule has 0 amide bonds. The number of nitrogens with zero attached hydrogens (tertiary/aromatic N) is 10. The minimum absolute atomic E-state index is 0.109. The molecule has 0 unspecified atom stereocenters. The van der Waals surface area contributed by atoms with E-state index in [1.165, 1.54) is 18.5 Å². The number of aromatic nitrogens is 6. The largest absolute Gasteiger partial charge is 0.508 e. The van der Waals surface area contributed by atoms with Gasteiger partial charge in [0.05, 0.1) is 97.0 Å². The lowest BCUT2D eigenvalue weighted by Gasteiger charge is -2.27. The van der Waals surface area contributed by atoms with Gasteiger partial charge in [-0.15, -0.1) is 0 Å². The Kier molecular flexibility index (Phi) is 18.9. The summed E-state index contributed by atoms with van der Waals surface area (Å²) in [7, 11) is 0. The SMILES string of the molecule is Cc1cc(Cl)cc(CC(=O)c2ccc(Nc3ccc(/C=N/Nc4ncc(F)c(N5CCOCC5)n4)nc3)cc2O)c1.O=C(Cc1cccc(O)c1)c1ccc(Nc2ccc(/C=N/Nc3ncc(F)c(N4CCOCC4)n3)nc2)cc1Cl. The lowest BCUT2D eigenvalue weighted by Crippen LogP contribution is -2.37. The molecule has 0 spiro atoms. The van der Waals surface area contributed by atoms with E-state index in [2.05, 4.69) is 61.6 Å². The Labute approximate surface area is 473 Å². The molecule has 2 fully saturated rings. The van der Waals surface area contributed by atoms with Crippen LogP contribution in [0.3, 0.4) is 0 Å². The average Bonchev–Trinajstić information content (AvgIpc) is 3.47. The van der Waals surface area contributed by atoms with Crippen LogP contribution in [-0.2, 0) is 22.3 Å². The maximum atomic E-state index is 14.2. The highest BCUT2D eigenvalue weighted by molar-refractivity contribution is 6.34. The highest BCUT2D eigenvalue weighted by Gasteiger charge is 2.20. The highest BCUT2D eigenvalue weighted by Crippen LogP contribution is 2.29. The molecule has 6 heterocycles. The molecule has 2 aliphatic heterocycles. The van der Waals surface area contributed by atoms with Crippen molar-refractivity contribution in [2.24, 2.45) is 10.2 Å². The number of halogens is 4. The molecule has 8 aromatic rings. The fourth-order valence-electron chi connectivity index (χ4n) is 8.38. The third-order valence-electron chi connectivity index (χ3n) is 12.3. The number of ether oxygens (including phenoxy) is 2. The number of phenolic OH excluding ortho intramolecular Hbond substituents is 2. The van der Waals surface area contributed by atoms with Gasteiger partial charge < -0.3 is 40.1 Å². The zero-order chi connectivity index (χ0) is 56.7. The van der Waals surface area contributed by atoms with E-state index in [4.69, 9.17) is 32.7 Å². The maximum Gasteiger partial charge on any atom is 0.245 e. The minimum atomic E-state index is -0.506.